The van der Waals surface area contributed by atoms with Crippen molar-refractivity contribution in [1.29, 1.82) is 0 Å². The molecule has 0 spiro atoms. The summed E-state index contributed by atoms with van der Waals surface area (Å²) < 4.78 is 15.0. The Kier molecular flexibility index (Phi) is 4.70. The van der Waals surface area contributed by atoms with Crippen LogP contribution in [0.1, 0.15) is 23.2 Å². The van der Waals surface area contributed by atoms with E-state index in [-0.39, 0.29) is 17.2 Å². The molecule has 0 unspecified atom stereocenters. The first-order valence-corrected chi connectivity index (χ1v) is 6.46. The van der Waals surface area contributed by atoms with Gasteiger partial charge in [-0.3, -0.25) is 4.79 Å². The summed E-state index contributed by atoms with van der Waals surface area (Å²) in [7, 11) is 0. The topological polar surface area (TPSA) is 72.9 Å². The van der Waals surface area contributed by atoms with Crippen LogP contribution in [0.3, 0.4) is 0 Å². The van der Waals surface area contributed by atoms with Gasteiger partial charge in [-0.1, -0.05) is 0 Å². The fourth-order valence-corrected chi connectivity index (χ4v) is 1.86. The van der Waals surface area contributed by atoms with Crippen LogP contribution in [-0.4, -0.2) is 22.0 Å². The largest absolute Gasteiger partial charge is 0.398 e. The number of carbonyl (C=O) groups excluding carboxylic acids is 1. The third kappa shape index (κ3) is 3.81. The first-order chi connectivity index (χ1) is 9.66. The highest BCUT2D eigenvalue weighted by Gasteiger charge is 2.09. The number of aromatic nitrogens is 2. The average Bonchev–Trinajstić information content (AvgIpc) is 2.94. The molecule has 2 aromatic rings. The third-order valence-electron chi connectivity index (χ3n) is 2.95. The monoisotopic (exact) mass is 276 g/mol. The van der Waals surface area contributed by atoms with Crippen LogP contribution in [0.25, 0.3) is 0 Å². The standard InChI is InChI=1S/C14H17FN4O/c15-11-3-4-13(16)12(9-11)14(20)18-5-1-2-7-19-8-6-17-10-19/h3-4,6,8-10H,1-2,5,7,16H2,(H,18,20). The van der Waals surface area contributed by atoms with Crippen LogP contribution in [0.4, 0.5) is 10.1 Å². The molecule has 1 heterocycles. The van der Waals surface area contributed by atoms with Gasteiger partial charge in [0.15, 0.2) is 0 Å². The number of hydrogen-bond donors (Lipinski definition) is 2. The van der Waals surface area contributed by atoms with Gasteiger partial charge in [-0.25, -0.2) is 9.37 Å². The van der Waals surface area contributed by atoms with E-state index in [1.54, 1.807) is 12.5 Å². The molecular formula is C14H17FN4O. The number of imidazole rings is 1. The van der Waals surface area contributed by atoms with Gasteiger partial charge in [0.25, 0.3) is 5.91 Å². The van der Waals surface area contributed by atoms with Gasteiger partial charge in [0.1, 0.15) is 5.82 Å². The van der Waals surface area contributed by atoms with Gasteiger partial charge in [-0.15, -0.1) is 0 Å². The van der Waals surface area contributed by atoms with Crippen molar-refractivity contribution in [3.05, 3.63) is 48.3 Å². The quantitative estimate of drug-likeness (QED) is 0.624. The second kappa shape index (κ2) is 6.70. The summed E-state index contributed by atoms with van der Waals surface area (Å²) in [6.45, 7) is 1.39. The Balaban J connectivity index is 1.73. The van der Waals surface area contributed by atoms with Crippen molar-refractivity contribution < 1.29 is 9.18 Å². The zero-order valence-electron chi connectivity index (χ0n) is 11.1. The van der Waals surface area contributed by atoms with E-state index in [1.807, 2.05) is 10.8 Å². The molecule has 0 aliphatic heterocycles. The van der Waals surface area contributed by atoms with Crippen LogP contribution in [-0.2, 0) is 6.54 Å². The summed E-state index contributed by atoms with van der Waals surface area (Å²) in [5.41, 5.74) is 6.11. The number of unbranched alkanes of at least 4 members (excludes halogenated alkanes) is 1. The fraction of sp³-hybridized carbons (Fsp3) is 0.286. The van der Waals surface area contributed by atoms with Gasteiger partial charge >= 0.3 is 0 Å². The van der Waals surface area contributed by atoms with Crippen molar-refractivity contribution in [3.63, 3.8) is 0 Å². The Labute approximate surface area is 116 Å². The van der Waals surface area contributed by atoms with Gasteiger partial charge < -0.3 is 15.6 Å². The molecular weight excluding hydrogens is 259 g/mol. The van der Waals surface area contributed by atoms with E-state index in [2.05, 4.69) is 10.3 Å². The Bertz CT molecular complexity index is 569. The molecule has 0 bridgehead atoms. The lowest BCUT2D eigenvalue weighted by Gasteiger charge is -2.08. The number of nitrogens with two attached hydrogens (primary N) is 1. The SMILES string of the molecule is Nc1ccc(F)cc1C(=O)NCCCCn1ccnc1. The predicted octanol–water partition coefficient (Wildman–Crippen LogP) is 1.81. The van der Waals surface area contributed by atoms with E-state index in [0.29, 0.717) is 6.54 Å². The highest BCUT2D eigenvalue weighted by atomic mass is 19.1. The summed E-state index contributed by atoms with van der Waals surface area (Å²) in [5, 5.41) is 2.74. The Morgan fingerprint density at radius 1 is 1.40 bits per heavy atom. The molecule has 0 aliphatic rings. The van der Waals surface area contributed by atoms with Crippen molar-refractivity contribution in [3.8, 4) is 0 Å². The molecule has 0 atom stereocenters. The number of rotatable bonds is 6. The maximum absolute atomic E-state index is 13.1. The average molecular weight is 276 g/mol. The highest BCUT2D eigenvalue weighted by Crippen LogP contribution is 2.13. The molecule has 2 rings (SSSR count). The predicted molar refractivity (Wildman–Crippen MR) is 74.6 cm³/mol. The second-order valence-electron chi connectivity index (χ2n) is 4.50. The molecule has 0 saturated heterocycles. The Morgan fingerprint density at radius 3 is 3.00 bits per heavy atom. The number of nitrogens with zero attached hydrogens (tertiary/aromatic N) is 2. The van der Waals surface area contributed by atoms with E-state index in [9.17, 15) is 9.18 Å². The number of carbonyl (C=O) groups is 1. The Morgan fingerprint density at radius 2 is 2.25 bits per heavy atom. The third-order valence-corrected chi connectivity index (χ3v) is 2.95. The first kappa shape index (κ1) is 14.0. The molecule has 3 N–H and O–H groups in total. The summed E-state index contributed by atoms with van der Waals surface area (Å²) in [6.07, 6.45) is 7.14. The molecule has 0 fully saturated rings. The maximum Gasteiger partial charge on any atom is 0.253 e. The second-order valence-corrected chi connectivity index (χ2v) is 4.50. The van der Waals surface area contributed by atoms with Gasteiger partial charge in [-0.05, 0) is 31.0 Å². The van der Waals surface area contributed by atoms with Gasteiger partial charge in [0.05, 0.1) is 11.9 Å². The number of anilines is 1. The number of aryl methyl sites for hydroxylation is 1. The van der Waals surface area contributed by atoms with E-state index in [4.69, 9.17) is 5.73 Å². The number of amides is 1. The zero-order valence-corrected chi connectivity index (χ0v) is 11.1. The van der Waals surface area contributed by atoms with Crippen LogP contribution in [0, 0.1) is 5.82 Å². The van der Waals surface area contributed by atoms with Gasteiger partial charge in [0, 0.05) is 31.2 Å². The van der Waals surface area contributed by atoms with E-state index in [1.165, 1.54) is 12.1 Å². The van der Waals surface area contributed by atoms with Crippen LogP contribution < -0.4 is 11.1 Å². The summed E-state index contributed by atoms with van der Waals surface area (Å²) in [4.78, 5) is 15.8. The van der Waals surface area contributed by atoms with E-state index < -0.39 is 5.82 Å². The molecule has 1 aromatic carbocycles. The molecule has 1 amide bonds. The summed E-state index contributed by atoms with van der Waals surface area (Å²) >= 11 is 0. The fourth-order valence-electron chi connectivity index (χ4n) is 1.86. The lowest BCUT2D eigenvalue weighted by molar-refractivity contribution is 0.0953. The lowest BCUT2D eigenvalue weighted by atomic mass is 10.1. The van der Waals surface area contributed by atoms with Gasteiger partial charge in [-0.2, -0.15) is 0 Å². The van der Waals surface area contributed by atoms with Crippen LogP contribution in [0.5, 0.6) is 0 Å². The van der Waals surface area contributed by atoms with Crippen molar-refractivity contribution in [2.45, 2.75) is 19.4 Å². The smallest absolute Gasteiger partial charge is 0.253 e. The minimum absolute atomic E-state index is 0.180. The van der Waals surface area contributed by atoms with E-state index in [0.717, 1.165) is 25.5 Å². The van der Waals surface area contributed by atoms with Crippen molar-refractivity contribution in [2.75, 3.05) is 12.3 Å². The minimum atomic E-state index is -0.468. The molecule has 6 heteroatoms. The highest BCUT2D eigenvalue weighted by molar-refractivity contribution is 5.99. The summed E-state index contributed by atoms with van der Waals surface area (Å²) in [5.74, 6) is -0.811. The molecule has 0 radical (unpaired) electrons. The summed E-state index contributed by atoms with van der Waals surface area (Å²) in [6, 6.07) is 3.77. The minimum Gasteiger partial charge on any atom is -0.398 e. The van der Waals surface area contributed by atoms with Gasteiger partial charge in [0.2, 0.25) is 0 Å². The lowest BCUT2D eigenvalue weighted by Crippen LogP contribution is -2.25. The van der Waals surface area contributed by atoms with Crippen LogP contribution in [0.2, 0.25) is 0 Å². The number of halogens is 1. The number of nitrogens with one attached hydrogen (secondary N) is 1. The molecule has 20 heavy (non-hydrogen) atoms. The van der Waals surface area contributed by atoms with Crippen LogP contribution in [0.15, 0.2) is 36.9 Å². The number of nitrogen functional groups attached to an aromatic ring is 1. The molecule has 1 aromatic heterocycles. The van der Waals surface area contributed by atoms with Crippen molar-refractivity contribution in [2.24, 2.45) is 0 Å². The van der Waals surface area contributed by atoms with Crippen molar-refractivity contribution in [1.82, 2.24) is 14.9 Å². The molecule has 0 saturated carbocycles. The van der Waals surface area contributed by atoms with Crippen LogP contribution >= 0.6 is 0 Å². The van der Waals surface area contributed by atoms with E-state index >= 15 is 0 Å². The molecule has 0 aliphatic carbocycles. The molecule has 5 nitrogen and oxygen atoms in total. The molecule has 106 valence electrons. The zero-order chi connectivity index (χ0) is 14.4. The number of hydrogen-bond acceptors (Lipinski definition) is 3. The van der Waals surface area contributed by atoms with Crippen molar-refractivity contribution >= 4 is 11.6 Å². The Hall–Kier alpha value is -2.37. The maximum atomic E-state index is 13.1. The number of benzene rings is 1. The normalized spacial score (nSPS) is 10.4. The first-order valence-electron chi connectivity index (χ1n) is 6.46.